The largest absolute Gasteiger partial charge is 0.487 e. The Morgan fingerprint density at radius 3 is 2.09 bits per heavy atom. The molecule has 1 heterocycles. The number of esters is 1. The van der Waals surface area contributed by atoms with E-state index < -0.39 is 36.0 Å². The van der Waals surface area contributed by atoms with Crippen molar-refractivity contribution in [3.8, 4) is 0 Å². The molecule has 2 atom stereocenters. The van der Waals surface area contributed by atoms with Crippen LogP contribution in [0.1, 0.15) is 27.7 Å². The van der Waals surface area contributed by atoms with E-state index in [1.807, 2.05) is 0 Å². The average molecular weight is 320 g/mol. The first-order chi connectivity index (χ1) is 9.94. The van der Waals surface area contributed by atoms with Crippen LogP contribution in [0.2, 0.25) is 0 Å². The molecule has 0 aromatic carbocycles. The molecule has 22 heavy (non-hydrogen) atoms. The van der Waals surface area contributed by atoms with Crippen molar-refractivity contribution in [2.45, 2.75) is 51.1 Å². The molecule has 0 aliphatic carbocycles. The molecule has 0 aromatic rings. The van der Waals surface area contributed by atoms with E-state index in [0.717, 1.165) is 0 Å². The van der Waals surface area contributed by atoms with E-state index in [0.29, 0.717) is 0 Å². The second kappa shape index (κ2) is 6.82. The van der Waals surface area contributed by atoms with Crippen molar-refractivity contribution in [1.29, 1.82) is 0 Å². The molecule has 4 N–H and O–H groups in total. The summed E-state index contributed by atoms with van der Waals surface area (Å²) in [5.74, 6) is -1.27. The highest BCUT2D eigenvalue weighted by Crippen LogP contribution is 2.28. The summed E-state index contributed by atoms with van der Waals surface area (Å²) in [5.41, 5.74) is -2.38. The number of carbonyl (C=O) groups is 1. The van der Waals surface area contributed by atoms with Crippen molar-refractivity contribution >= 4 is 5.97 Å². The lowest BCUT2D eigenvalue weighted by Gasteiger charge is -2.23. The number of aliphatic hydroxyl groups is 4. The Morgan fingerprint density at radius 1 is 1.14 bits per heavy atom. The van der Waals surface area contributed by atoms with Gasteiger partial charge in [-0.25, -0.2) is 4.79 Å². The summed E-state index contributed by atoms with van der Waals surface area (Å²) in [6, 6.07) is 0. The third kappa shape index (κ3) is 5.45. The Labute approximate surface area is 128 Å². The Morgan fingerprint density at radius 2 is 1.64 bits per heavy atom. The van der Waals surface area contributed by atoms with Crippen molar-refractivity contribution in [2.24, 2.45) is 0 Å². The van der Waals surface area contributed by atoms with Gasteiger partial charge in [-0.1, -0.05) is 0 Å². The monoisotopic (exact) mass is 320 g/mol. The van der Waals surface area contributed by atoms with Crippen LogP contribution in [0.3, 0.4) is 0 Å². The summed E-state index contributed by atoms with van der Waals surface area (Å²) in [5, 5.41) is 38.1. The fourth-order valence-corrected chi connectivity index (χ4v) is 1.58. The zero-order valence-corrected chi connectivity index (χ0v) is 13.2. The van der Waals surface area contributed by atoms with Gasteiger partial charge in [-0.3, -0.25) is 0 Å². The van der Waals surface area contributed by atoms with E-state index in [2.05, 4.69) is 0 Å². The van der Waals surface area contributed by atoms with Gasteiger partial charge in [0.1, 0.15) is 19.3 Å². The number of hydrogen-bond donors (Lipinski definition) is 4. The van der Waals surface area contributed by atoms with E-state index in [1.165, 1.54) is 27.7 Å². The summed E-state index contributed by atoms with van der Waals surface area (Å²) in [7, 11) is 0. The van der Waals surface area contributed by atoms with Crippen LogP contribution in [0, 0.1) is 0 Å². The standard InChI is InChI=1S/C14H24O8/c1-13(2,18)6-20-10-9(8(16)5-15)22-12(17)11(10)21-7-14(3,4)19/h8-9,15-16,18-19H,5-7H2,1-4H3/t8-,9+/m0/s1. The summed E-state index contributed by atoms with van der Waals surface area (Å²) in [6.45, 7) is 4.96. The van der Waals surface area contributed by atoms with Crippen LogP contribution in [0.15, 0.2) is 11.5 Å². The molecule has 0 spiro atoms. The van der Waals surface area contributed by atoms with Crippen LogP contribution >= 0.6 is 0 Å². The molecule has 0 aromatic heterocycles. The van der Waals surface area contributed by atoms with Gasteiger partial charge in [-0.05, 0) is 27.7 Å². The van der Waals surface area contributed by atoms with E-state index in [4.69, 9.17) is 19.3 Å². The van der Waals surface area contributed by atoms with Gasteiger partial charge in [0, 0.05) is 0 Å². The van der Waals surface area contributed by atoms with Crippen LogP contribution in [-0.2, 0) is 19.0 Å². The lowest BCUT2D eigenvalue weighted by molar-refractivity contribution is -0.149. The molecular weight excluding hydrogens is 296 g/mol. The van der Waals surface area contributed by atoms with Gasteiger partial charge in [0.05, 0.1) is 17.8 Å². The van der Waals surface area contributed by atoms with Crippen molar-refractivity contribution in [3.63, 3.8) is 0 Å². The summed E-state index contributed by atoms with van der Waals surface area (Å²) in [4.78, 5) is 11.8. The van der Waals surface area contributed by atoms with Gasteiger partial charge >= 0.3 is 5.97 Å². The van der Waals surface area contributed by atoms with E-state index >= 15 is 0 Å². The average Bonchev–Trinajstić information content (AvgIpc) is 2.67. The van der Waals surface area contributed by atoms with Gasteiger partial charge in [-0.2, -0.15) is 0 Å². The quantitative estimate of drug-likeness (QED) is 0.422. The highest BCUT2D eigenvalue weighted by Gasteiger charge is 2.42. The van der Waals surface area contributed by atoms with E-state index in [1.54, 1.807) is 0 Å². The Balaban J connectivity index is 2.99. The van der Waals surface area contributed by atoms with Gasteiger partial charge in [0.15, 0.2) is 11.9 Å². The Bertz CT molecular complexity index is 429. The maximum atomic E-state index is 11.8. The minimum atomic E-state index is -1.39. The molecule has 0 radical (unpaired) electrons. The van der Waals surface area contributed by atoms with E-state index in [-0.39, 0.29) is 24.7 Å². The Kier molecular flexibility index (Phi) is 5.80. The molecule has 0 saturated heterocycles. The molecule has 0 saturated carbocycles. The molecule has 1 rings (SSSR count). The normalized spacial score (nSPS) is 20.9. The summed E-state index contributed by atoms with van der Waals surface area (Å²) >= 11 is 0. The number of carbonyl (C=O) groups excluding carboxylic acids is 1. The molecule has 1 aliphatic rings. The van der Waals surface area contributed by atoms with Crippen molar-refractivity contribution in [3.05, 3.63) is 11.5 Å². The summed E-state index contributed by atoms with van der Waals surface area (Å²) < 4.78 is 15.5. The molecule has 1 aliphatic heterocycles. The van der Waals surface area contributed by atoms with Crippen LogP contribution in [0.5, 0.6) is 0 Å². The number of aliphatic hydroxyl groups excluding tert-OH is 2. The minimum Gasteiger partial charge on any atom is -0.487 e. The molecule has 0 fully saturated rings. The second-order valence-electron chi connectivity index (χ2n) is 6.47. The van der Waals surface area contributed by atoms with Crippen LogP contribution < -0.4 is 0 Å². The number of rotatable bonds is 8. The van der Waals surface area contributed by atoms with Gasteiger partial charge in [0.25, 0.3) is 0 Å². The second-order valence-corrected chi connectivity index (χ2v) is 6.47. The molecule has 0 unspecified atom stereocenters. The minimum absolute atomic E-state index is 0.113. The fraction of sp³-hybridized carbons (Fsp3) is 0.786. The molecule has 128 valence electrons. The van der Waals surface area contributed by atoms with Crippen molar-refractivity contribution in [2.75, 3.05) is 19.8 Å². The van der Waals surface area contributed by atoms with Crippen molar-refractivity contribution < 1.29 is 39.4 Å². The molecule has 0 bridgehead atoms. The number of hydrogen-bond acceptors (Lipinski definition) is 8. The first-order valence-corrected chi connectivity index (χ1v) is 6.89. The molecule has 8 nitrogen and oxygen atoms in total. The van der Waals surface area contributed by atoms with Crippen LogP contribution in [0.4, 0.5) is 0 Å². The molecule has 0 amide bonds. The van der Waals surface area contributed by atoms with Gasteiger partial charge in [0.2, 0.25) is 5.76 Å². The number of ether oxygens (including phenoxy) is 3. The SMILES string of the molecule is CC(C)(O)COC1=C(OCC(C)(C)O)[C@@H]([C@@H](O)CO)OC1=O. The fourth-order valence-electron chi connectivity index (χ4n) is 1.58. The maximum Gasteiger partial charge on any atom is 0.378 e. The first kappa shape index (κ1) is 18.7. The lowest BCUT2D eigenvalue weighted by atomic mass is 10.1. The summed E-state index contributed by atoms with van der Waals surface area (Å²) in [6.07, 6.45) is -2.61. The third-order valence-electron chi connectivity index (χ3n) is 2.59. The maximum absolute atomic E-state index is 11.8. The van der Waals surface area contributed by atoms with Gasteiger partial charge < -0.3 is 34.6 Å². The smallest absolute Gasteiger partial charge is 0.378 e. The Hall–Kier alpha value is -1.35. The van der Waals surface area contributed by atoms with Crippen molar-refractivity contribution in [1.82, 2.24) is 0 Å². The highest BCUT2D eigenvalue weighted by molar-refractivity contribution is 5.89. The molecular formula is C14H24O8. The number of cyclic esters (lactones) is 1. The van der Waals surface area contributed by atoms with Gasteiger partial charge in [-0.15, -0.1) is 0 Å². The highest BCUT2D eigenvalue weighted by atomic mass is 16.6. The topological polar surface area (TPSA) is 126 Å². The zero-order valence-electron chi connectivity index (χ0n) is 13.2. The van der Waals surface area contributed by atoms with Crippen LogP contribution in [-0.4, -0.2) is 69.6 Å². The van der Waals surface area contributed by atoms with E-state index in [9.17, 15) is 20.1 Å². The third-order valence-corrected chi connectivity index (χ3v) is 2.59. The van der Waals surface area contributed by atoms with Crippen LogP contribution in [0.25, 0.3) is 0 Å². The zero-order chi connectivity index (χ0) is 17.1. The predicted molar refractivity (Wildman–Crippen MR) is 74.5 cm³/mol. The first-order valence-electron chi connectivity index (χ1n) is 6.89. The predicted octanol–water partition coefficient (Wildman–Crippen LogP) is -0.948. The molecule has 8 heteroatoms. The lowest BCUT2D eigenvalue weighted by Crippen LogP contribution is -2.34.